The fraction of sp³-hybridized carbons (Fsp3) is 0.263. The Morgan fingerprint density at radius 2 is 1.83 bits per heavy atom. The lowest BCUT2D eigenvalue weighted by Crippen LogP contribution is -2.29. The number of benzene rings is 1. The van der Waals surface area contributed by atoms with E-state index in [1.54, 1.807) is 27.6 Å². The van der Waals surface area contributed by atoms with Crippen LogP contribution in [0, 0.1) is 0 Å². The van der Waals surface area contributed by atoms with Gasteiger partial charge >= 0.3 is 0 Å². The van der Waals surface area contributed by atoms with Gasteiger partial charge in [0.25, 0.3) is 0 Å². The molecule has 0 saturated carbocycles. The molecule has 1 unspecified atom stereocenters. The van der Waals surface area contributed by atoms with Crippen LogP contribution in [0.3, 0.4) is 0 Å². The van der Waals surface area contributed by atoms with Gasteiger partial charge in [0.2, 0.25) is 0 Å². The van der Waals surface area contributed by atoms with E-state index < -0.39 is 5.60 Å². The van der Waals surface area contributed by atoms with Crippen LogP contribution in [0.25, 0.3) is 16.7 Å². The van der Waals surface area contributed by atoms with Crippen molar-refractivity contribution in [3.05, 3.63) is 54.0 Å². The van der Waals surface area contributed by atoms with Crippen LogP contribution >= 0.6 is 0 Å². The van der Waals surface area contributed by atoms with Crippen molar-refractivity contribution in [2.24, 2.45) is 0 Å². The first-order valence-corrected chi connectivity index (χ1v) is 7.77. The van der Waals surface area contributed by atoms with Crippen LogP contribution in [0.2, 0.25) is 0 Å². The van der Waals surface area contributed by atoms with E-state index in [1.165, 1.54) is 0 Å². The van der Waals surface area contributed by atoms with Crippen LogP contribution < -0.4 is 9.47 Å². The second kappa shape index (κ2) is 5.37. The lowest BCUT2D eigenvalue weighted by molar-refractivity contribution is 0.0638. The largest absolute Gasteiger partial charge is 0.495 e. The number of aromatic amines is 1. The fourth-order valence-corrected chi connectivity index (χ4v) is 3.49. The molecule has 1 aliphatic heterocycles. The summed E-state index contributed by atoms with van der Waals surface area (Å²) in [4.78, 5) is 3.45. The molecule has 0 fully saturated rings. The topological polar surface area (TPSA) is 52.7 Å². The standard InChI is InChI=1S/C19H19NO4/c1-21-14-6-8-19(7-4-5-9-24-19)17-12-10-15(22-2)16(23-3)11-13(12)20-18(14)17/h4-7,9-11,20H,8H2,1-3H3. The van der Waals surface area contributed by atoms with Crippen LogP contribution in [0.5, 0.6) is 11.5 Å². The fourth-order valence-electron chi connectivity index (χ4n) is 3.49. The molecule has 5 nitrogen and oxygen atoms in total. The molecule has 1 spiro atoms. The van der Waals surface area contributed by atoms with Crippen molar-refractivity contribution in [1.29, 1.82) is 0 Å². The second-order valence-electron chi connectivity index (χ2n) is 5.80. The van der Waals surface area contributed by atoms with Gasteiger partial charge in [0.05, 0.1) is 38.8 Å². The second-order valence-corrected chi connectivity index (χ2v) is 5.80. The minimum atomic E-state index is -0.538. The lowest BCUT2D eigenvalue weighted by Gasteiger charge is -2.34. The highest BCUT2D eigenvalue weighted by molar-refractivity contribution is 5.93. The van der Waals surface area contributed by atoms with Gasteiger partial charge in [0.1, 0.15) is 5.76 Å². The van der Waals surface area contributed by atoms with E-state index in [9.17, 15) is 0 Å². The van der Waals surface area contributed by atoms with Crippen LogP contribution in [0.4, 0.5) is 0 Å². The predicted molar refractivity (Wildman–Crippen MR) is 92.0 cm³/mol. The third-order valence-electron chi connectivity index (χ3n) is 4.62. The van der Waals surface area contributed by atoms with Crippen LogP contribution in [0.15, 0.2) is 42.7 Å². The zero-order chi connectivity index (χ0) is 16.7. The minimum Gasteiger partial charge on any atom is -0.495 e. The van der Waals surface area contributed by atoms with Gasteiger partial charge < -0.3 is 23.9 Å². The van der Waals surface area contributed by atoms with E-state index in [0.29, 0.717) is 17.9 Å². The summed E-state index contributed by atoms with van der Waals surface area (Å²) < 4.78 is 22.5. The Morgan fingerprint density at radius 3 is 2.50 bits per heavy atom. The van der Waals surface area contributed by atoms with Gasteiger partial charge in [-0.25, -0.2) is 0 Å². The quantitative estimate of drug-likeness (QED) is 0.931. The number of hydrogen-bond acceptors (Lipinski definition) is 4. The molecule has 1 aromatic carbocycles. The Morgan fingerprint density at radius 1 is 1.04 bits per heavy atom. The number of allylic oxidation sites excluding steroid dienone is 2. The van der Waals surface area contributed by atoms with E-state index in [1.807, 2.05) is 24.3 Å². The van der Waals surface area contributed by atoms with E-state index in [2.05, 4.69) is 17.1 Å². The molecule has 2 heterocycles. The highest BCUT2D eigenvalue weighted by atomic mass is 16.5. The van der Waals surface area contributed by atoms with Gasteiger partial charge in [0.15, 0.2) is 17.1 Å². The molecule has 124 valence electrons. The molecule has 2 aliphatic rings. The Kier molecular flexibility index (Phi) is 3.30. The zero-order valence-electron chi connectivity index (χ0n) is 13.9. The predicted octanol–water partition coefficient (Wildman–Crippen LogP) is 3.87. The highest BCUT2D eigenvalue weighted by Crippen LogP contribution is 2.48. The number of rotatable bonds is 3. The molecular weight excluding hydrogens is 306 g/mol. The lowest BCUT2D eigenvalue weighted by atomic mass is 9.82. The third kappa shape index (κ3) is 1.94. The summed E-state index contributed by atoms with van der Waals surface area (Å²) in [6.07, 6.45) is 10.5. The number of nitrogens with one attached hydrogen (secondary N) is 1. The Labute approximate surface area is 140 Å². The highest BCUT2D eigenvalue weighted by Gasteiger charge is 2.40. The summed E-state index contributed by atoms with van der Waals surface area (Å²) in [5.74, 6) is 2.18. The average Bonchev–Trinajstić information content (AvgIpc) is 3.01. The maximum absolute atomic E-state index is 6.06. The van der Waals surface area contributed by atoms with E-state index in [0.717, 1.165) is 27.9 Å². The van der Waals surface area contributed by atoms with Gasteiger partial charge in [-0.1, -0.05) is 6.08 Å². The molecule has 0 saturated heterocycles. The molecule has 0 bridgehead atoms. The summed E-state index contributed by atoms with van der Waals surface area (Å²) in [7, 11) is 4.95. The molecule has 1 atom stereocenters. The van der Waals surface area contributed by atoms with Gasteiger partial charge in [-0.15, -0.1) is 0 Å². The minimum absolute atomic E-state index is 0.538. The zero-order valence-corrected chi connectivity index (χ0v) is 13.9. The summed E-state index contributed by atoms with van der Waals surface area (Å²) in [6.45, 7) is 0. The molecular formula is C19H19NO4. The first kappa shape index (κ1) is 14.8. The molecule has 24 heavy (non-hydrogen) atoms. The van der Waals surface area contributed by atoms with Crippen molar-refractivity contribution in [3.8, 4) is 11.5 Å². The van der Waals surface area contributed by atoms with Crippen molar-refractivity contribution in [3.63, 3.8) is 0 Å². The molecule has 2 aromatic rings. The van der Waals surface area contributed by atoms with Crippen LogP contribution in [0.1, 0.15) is 17.7 Å². The van der Waals surface area contributed by atoms with Crippen molar-refractivity contribution in [2.45, 2.75) is 12.0 Å². The number of hydrogen-bond donors (Lipinski definition) is 1. The third-order valence-corrected chi connectivity index (χ3v) is 4.62. The van der Waals surface area contributed by atoms with Crippen molar-refractivity contribution < 1.29 is 18.9 Å². The van der Waals surface area contributed by atoms with E-state index in [4.69, 9.17) is 18.9 Å². The Hall–Kier alpha value is -2.82. The first-order valence-electron chi connectivity index (χ1n) is 7.77. The summed E-state index contributed by atoms with van der Waals surface area (Å²) in [5, 5.41) is 1.03. The monoisotopic (exact) mass is 325 g/mol. The van der Waals surface area contributed by atoms with E-state index in [-0.39, 0.29) is 0 Å². The molecule has 1 aromatic heterocycles. The summed E-state index contributed by atoms with van der Waals surface area (Å²) in [5.41, 5.74) is 2.39. The SMILES string of the molecule is COC1=CCC2(C=CC=CO2)c2c1[nH]c1cc(OC)c(OC)cc21. The molecule has 0 radical (unpaired) electrons. The number of aromatic nitrogens is 1. The van der Waals surface area contributed by atoms with E-state index >= 15 is 0 Å². The van der Waals surface area contributed by atoms with Crippen LogP contribution in [-0.4, -0.2) is 26.3 Å². The number of H-pyrrole nitrogens is 1. The normalized spacial score (nSPS) is 21.4. The van der Waals surface area contributed by atoms with Crippen molar-refractivity contribution in [1.82, 2.24) is 4.98 Å². The first-order chi connectivity index (χ1) is 11.7. The van der Waals surface area contributed by atoms with Gasteiger partial charge in [-0.2, -0.15) is 0 Å². The van der Waals surface area contributed by atoms with Gasteiger partial charge in [-0.05, 0) is 24.3 Å². The number of fused-ring (bicyclic) bond motifs is 4. The maximum atomic E-state index is 6.06. The summed E-state index contributed by atoms with van der Waals surface area (Å²) >= 11 is 0. The maximum Gasteiger partial charge on any atom is 0.162 e. The molecule has 1 N–H and O–H groups in total. The smallest absolute Gasteiger partial charge is 0.162 e. The molecule has 5 heteroatoms. The molecule has 0 amide bonds. The average molecular weight is 325 g/mol. The molecule has 1 aliphatic carbocycles. The Balaban J connectivity index is 2.03. The van der Waals surface area contributed by atoms with Crippen LogP contribution in [-0.2, 0) is 15.1 Å². The summed E-state index contributed by atoms with van der Waals surface area (Å²) in [6, 6.07) is 3.93. The number of ether oxygens (including phenoxy) is 4. The van der Waals surface area contributed by atoms with Crippen molar-refractivity contribution in [2.75, 3.05) is 21.3 Å². The van der Waals surface area contributed by atoms with Gasteiger partial charge in [-0.3, -0.25) is 0 Å². The van der Waals surface area contributed by atoms with Crippen molar-refractivity contribution >= 4 is 16.7 Å². The molecule has 4 rings (SSSR count). The number of methoxy groups -OCH3 is 3. The Bertz CT molecular complexity index is 890. The van der Waals surface area contributed by atoms with Gasteiger partial charge in [0, 0.05) is 23.4 Å².